The lowest BCUT2D eigenvalue weighted by molar-refractivity contribution is 0.0911. The van der Waals surface area contributed by atoms with Crippen LogP contribution in [-0.4, -0.2) is 28.6 Å². The van der Waals surface area contributed by atoms with Gasteiger partial charge in [0, 0.05) is 18.7 Å². The number of carbonyl (C=O) groups is 1. The van der Waals surface area contributed by atoms with Crippen LogP contribution in [0.25, 0.3) is 0 Å². The standard InChI is InChI=1S/C12H14F2N2O2/c13-10-8(4-5-15-11(10)14)12(18)16-6-7-2-1-3-9(7)17/h4-5,7,9,17H,1-3,6H2,(H,16,18). The van der Waals surface area contributed by atoms with Gasteiger partial charge >= 0.3 is 0 Å². The van der Waals surface area contributed by atoms with Gasteiger partial charge in [0.1, 0.15) is 0 Å². The minimum Gasteiger partial charge on any atom is -0.393 e. The summed E-state index contributed by atoms with van der Waals surface area (Å²) in [4.78, 5) is 14.8. The van der Waals surface area contributed by atoms with Crippen molar-refractivity contribution in [2.45, 2.75) is 25.4 Å². The first kappa shape index (κ1) is 12.9. The molecule has 0 bridgehead atoms. The predicted molar refractivity (Wildman–Crippen MR) is 59.8 cm³/mol. The zero-order valence-electron chi connectivity index (χ0n) is 9.70. The summed E-state index contributed by atoms with van der Waals surface area (Å²) in [5.74, 6) is -3.23. The molecule has 0 aromatic carbocycles. The van der Waals surface area contributed by atoms with Gasteiger partial charge in [-0.2, -0.15) is 4.39 Å². The topological polar surface area (TPSA) is 62.2 Å². The van der Waals surface area contributed by atoms with Gasteiger partial charge in [-0.15, -0.1) is 0 Å². The number of pyridine rings is 1. The lowest BCUT2D eigenvalue weighted by Gasteiger charge is -2.15. The number of hydrogen-bond acceptors (Lipinski definition) is 3. The number of nitrogens with zero attached hydrogens (tertiary/aromatic N) is 1. The van der Waals surface area contributed by atoms with E-state index in [1.54, 1.807) is 0 Å². The molecule has 2 N–H and O–H groups in total. The molecule has 0 saturated heterocycles. The molecule has 1 fully saturated rings. The fourth-order valence-electron chi connectivity index (χ4n) is 2.17. The summed E-state index contributed by atoms with van der Waals surface area (Å²) in [7, 11) is 0. The van der Waals surface area contributed by atoms with Gasteiger partial charge in [0.05, 0.1) is 11.7 Å². The predicted octanol–water partition coefficient (Wildman–Crippen LogP) is 1.25. The number of aromatic nitrogens is 1. The van der Waals surface area contributed by atoms with Crippen molar-refractivity contribution in [3.63, 3.8) is 0 Å². The number of halogens is 2. The summed E-state index contributed by atoms with van der Waals surface area (Å²) in [6.07, 6.45) is 3.08. The van der Waals surface area contributed by atoms with Crippen molar-refractivity contribution in [1.82, 2.24) is 10.3 Å². The minimum atomic E-state index is -1.29. The van der Waals surface area contributed by atoms with Crippen LogP contribution in [0.3, 0.4) is 0 Å². The molecule has 1 aromatic heterocycles. The minimum absolute atomic E-state index is 0.0105. The molecule has 1 heterocycles. The van der Waals surface area contributed by atoms with E-state index in [1.807, 2.05) is 0 Å². The van der Waals surface area contributed by atoms with Gasteiger partial charge in [-0.05, 0) is 18.9 Å². The molecule has 2 rings (SSSR count). The number of rotatable bonds is 3. The molecule has 1 saturated carbocycles. The average molecular weight is 256 g/mol. The molecule has 18 heavy (non-hydrogen) atoms. The highest BCUT2D eigenvalue weighted by atomic mass is 19.2. The number of hydrogen-bond donors (Lipinski definition) is 2. The molecular weight excluding hydrogens is 242 g/mol. The van der Waals surface area contributed by atoms with E-state index in [9.17, 15) is 18.7 Å². The van der Waals surface area contributed by atoms with E-state index in [4.69, 9.17) is 0 Å². The molecule has 98 valence electrons. The van der Waals surface area contributed by atoms with Crippen LogP contribution in [0.1, 0.15) is 29.6 Å². The molecule has 2 atom stereocenters. The molecular formula is C12H14F2N2O2. The number of aliphatic hydroxyl groups excluding tert-OH is 1. The van der Waals surface area contributed by atoms with Gasteiger partial charge in [0.2, 0.25) is 5.95 Å². The fraction of sp³-hybridized carbons (Fsp3) is 0.500. The van der Waals surface area contributed by atoms with Gasteiger partial charge < -0.3 is 10.4 Å². The zero-order valence-corrected chi connectivity index (χ0v) is 9.70. The monoisotopic (exact) mass is 256 g/mol. The molecule has 6 heteroatoms. The maximum atomic E-state index is 13.3. The van der Waals surface area contributed by atoms with Crippen molar-refractivity contribution in [1.29, 1.82) is 0 Å². The highest BCUT2D eigenvalue weighted by molar-refractivity contribution is 5.94. The summed E-state index contributed by atoms with van der Waals surface area (Å²) < 4.78 is 26.1. The van der Waals surface area contributed by atoms with Crippen LogP contribution in [0.15, 0.2) is 12.3 Å². The maximum absolute atomic E-state index is 13.3. The van der Waals surface area contributed by atoms with Gasteiger partial charge in [-0.1, -0.05) is 6.42 Å². The Labute approximate surface area is 103 Å². The molecule has 0 aliphatic heterocycles. The Kier molecular flexibility index (Phi) is 3.86. The summed E-state index contributed by atoms with van der Waals surface area (Å²) in [5.41, 5.74) is -0.366. The number of carbonyl (C=O) groups excluding carboxylic acids is 1. The van der Waals surface area contributed by atoms with Crippen LogP contribution in [0.2, 0.25) is 0 Å². The average Bonchev–Trinajstić information content (AvgIpc) is 2.75. The molecule has 1 aliphatic rings. The van der Waals surface area contributed by atoms with Crippen LogP contribution in [0.4, 0.5) is 8.78 Å². The molecule has 2 unspecified atom stereocenters. The first-order valence-corrected chi connectivity index (χ1v) is 5.86. The van der Waals surface area contributed by atoms with E-state index in [0.29, 0.717) is 0 Å². The van der Waals surface area contributed by atoms with Crippen molar-refractivity contribution in [2.75, 3.05) is 6.54 Å². The second kappa shape index (κ2) is 5.39. The van der Waals surface area contributed by atoms with Crippen molar-refractivity contribution >= 4 is 5.91 Å². The summed E-state index contributed by atoms with van der Waals surface area (Å²) >= 11 is 0. The highest BCUT2D eigenvalue weighted by Gasteiger charge is 2.26. The molecule has 1 aliphatic carbocycles. The second-order valence-corrected chi connectivity index (χ2v) is 4.43. The molecule has 0 radical (unpaired) electrons. The van der Waals surface area contributed by atoms with Crippen LogP contribution >= 0.6 is 0 Å². The largest absolute Gasteiger partial charge is 0.393 e. The fourth-order valence-corrected chi connectivity index (χ4v) is 2.17. The second-order valence-electron chi connectivity index (χ2n) is 4.43. The maximum Gasteiger partial charge on any atom is 0.254 e. The number of aliphatic hydroxyl groups is 1. The van der Waals surface area contributed by atoms with Gasteiger partial charge in [0.25, 0.3) is 5.91 Å². The summed E-state index contributed by atoms with van der Waals surface area (Å²) in [6.45, 7) is 0.267. The third kappa shape index (κ3) is 2.64. The lowest BCUT2D eigenvalue weighted by atomic mass is 10.1. The zero-order chi connectivity index (χ0) is 13.1. The Morgan fingerprint density at radius 1 is 1.50 bits per heavy atom. The normalized spacial score (nSPS) is 23.1. The Balaban J connectivity index is 1.97. The Bertz CT molecular complexity index is 454. The van der Waals surface area contributed by atoms with Gasteiger partial charge in [-0.3, -0.25) is 4.79 Å². The number of nitrogens with one attached hydrogen (secondary N) is 1. The van der Waals surface area contributed by atoms with Gasteiger partial charge in [-0.25, -0.2) is 9.37 Å². The summed E-state index contributed by atoms with van der Waals surface area (Å²) in [5, 5.41) is 12.1. The molecule has 0 spiro atoms. The van der Waals surface area contributed by atoms with Crippen LogP contribution < -0.4 is 5.32 Å². The first-order chi connectivity index (χ1) is 8.59. The smallest absolute Gasteiger partial charge is 0.254 e. The Morgan fingerprint density at radius 2 is 2.28 bits per heavy atom. The van der Waals surface area contributed by atoms with Crippen LogP contribution in [0.5, 0.6) is 0 Å². The van der Waals surface area contributed by atoms with E-state index in [2.05, 4.69) is 10.3 Å². The third-order valence-corrected chi connectivity index (χ3v) is 3.24. The van der Waals surface area contributed by atoms with Crippen molar-refractivity contribution in [2.24, 2.45) is 5.92 Å². The first-order valence-electron chi connectivity index (χ1n) is 5.86. The third-order valence-electron chi connectivity index (χ3n) is 3.24. The highest BCUT2D eigenvalue weighted by Crippen LogP contribution is 2.24. The van der Waals surface area contributed by atoms with E-state index < -0.39 is 23.8 Å². The van der Waals surface area contributed by atoms with Crippen molar-refractivity contribution in [3.8, 4) is 0 Å². The molecule has 1 amide bonds. The van der Waals surface area contributed by atoms with E-state index in [0.717, 1.165) is 31.5 Å². The van der Waals surface area contributed by atoms with Crippen molar-refractivity contribution < 1.29 is 18.7 Å². The summed E-state index contributed by atoms with van der Waals surface area (Å²) in [6, 6.07) is 1.12. The Morgan fingerprint density at radius 3 is 2.94 bits per heavy atom. The molecule has 4 nitrogen and oxygen atoms in total. The van der Waals surface area contributed by atoms with E-state index in [1.165, 1.54) is 0 Å². The van der Waals surface area contributed by atoms with Crippen molar-refractivity contribution in [3.05, 3.63) is 29.6 Å². The Hall–Kier alpha value is -1.56. The SMILES string of the molecule is O=C(NCC1CCCC1O)c1ccnc(F)c1F. The number of amides is 1. The lowest BCUT2D eigenvalue weighted by Crippen LogP contribution is -2.33. The van der Waals surface area contributed by atoms with E-state index >= 15 is 0 Å². The van der Waals surface area contributed by atoms with Crippen LogP contribution in [-0.2, 0) is 0 Å². The van der Waals surface area contributed by atoms with E-state index in [-0.39, 0.29) is 18.0 Å². The van der Waals surface area contributed by atoms with Crippen LogP contribution in [0, 0.1) is 17.7 Å². The molecule has 1 aromatic rings. The quantitative estimate of drug-likeness (QED) is 0.800. The van der Waals surface area contributed by atoms with Gasteiger partial charge in [0.15, 0.2) is 5.82 Å².